The molecule has 3 heteroatoms. The van der Waals surface area contributed by atoms with Crippen LogP contribution in [-0.2, 0) is 9.30 Å². The van der Waals surface area contributed by atoms with E-state index in [2.05, 4.69) is 12.0 Å². The van der Waals surface area contributed by atoms with Crippen LogP contribution in [0, 0.1) is 12.0 Å². The lowest BCUT2D eigenvalue weighted by Crippen LogP contribution is -2.13. The molecule has 0 amide bonds. The van der Waals surface area contributed by atoms with E-state index in [9.17, 15) is 4.57 Å². The van der Waals surface area contributed by atoms with Crippen LogP contribution in [-0.4, -0.2) is 6.61 Å². The van der Waals surface area contributed by atoms with Gasteiger partial charge in [-0.3, -0.25) is 0 Å². The SMILES string of the molecule is CCOC#C/C=C\P(=O)(c1ccccc1)c1ccccc1. The van der Waals surface area contributed by atoms with Crippen LogP contribution in [0.25, 0.3) is 0 Å². The summed E-state index contributed by atoms with van der Waals surface area (Å²) in [5.41, 5.74) is 0. The molecule has 106 valence electrons. The van der Waals surface area contributed by atoms with Gasteiger partial charge in [-0.25, -0.2) is 0 Å². The van der Waals surface area contributed by atoms with Crippen molar-refractivity contribution in [1.29, 1.82) is 0 Å². The number of hydrogen-bond donors (Lipinski definition) is 0. The van der Waals surface area contributed by atoms with Crippen LogP contribution in [0.3, 0.4) is 0 Å². The highest BCUT2D eigenvalue weighted by molar-refractivity contribution is 7.81. The van der Waals surface area contributed by atoms with Gasteiger partial charge in [0.15, 0.2) is 7.14 Å². The van der Waals surface area contributed by atoms with Gasteiger partial charge >= 0.3 is 0 Å². The van der Waals surface area contributed by atoms with Gasteiger partial charge in [0.2, 0.25) is 0 Å². The molecule has 0 N–H and O–H groups in total. The van der Waals surface area contributed by atoms with Gasteiger partial charge in [-0.2, -0.15) is 0 Å². The van der Waals surface area contributed by atoms with E-state index in [0.29, 0.717) is 6.61 Å². The van der Waals surface area contributed by atoms with Crippen LogP contribution >= 0.6 is 7.14 Å². The third-order valence-corrected chi connectivity index (χ3v) is 5.62. The van der Waals surface area contributed by atoms with Crippen molar-refractivity contribution in [2.24, 2.45) is 0 Å². The Morgan fingerprint density at radius 1 is 1.00 bits per heavy atom. The molecule has 0 unspecified atom stereocenters. The normalized spacial score (nSPS) is 10.9. The minimum atomic E-state index is -2.81. The van der Waals surface area contributed by atoms with E-state index in [1.807, 2.05) is 67.6 Å². The van der Waals surface area contributed by atoms with Crippen LogP contribution in [0.5, 0.6) is 0 Å². The predicted octanol–water partition coefficient (Wildman–Crippen LogP) is 3.51. The highest BCUT2D eigenvalue weighted by atomic mass is 31.2. The second-order valence-electron chi connectivity index (χ2n) is 4.32. The van der Waals surface area contributed by atoms with Crippen molar-refractivity contribution in [3.05, 3.63) is 72.6 Å². The molecule has 2 rings (SSSR count). The fourth-order valence-electron chi connectivity index (χ4n) is 1.91. The molecular formula is C18H17O2P. The topological polar surface area (TPSA) is 26.3 Å². The monoisotopic (exact) mass is 296 g/mol. The van der Waals surface area contributed by atoms with E-state index >= 15 is 0 Å². The number of allylic oxidation sites excluding steroid dienone is 1. The quantitative estimate of drug-likeness (QED) is 0.637. The maximum Gasteiger partial charge on any atom is 0.164 e. The molecule has 0 aliphatic heterocycles. The van der Waals surface area contributed by atoms with E-state index in [4.69, 9.17) is 4.74 Å². The largest absolute Gasteiger partial charge is 0.447 e. The maximum atomic E-state index is 13.5. The van der Waals surface area contributed by atoms with Crippen LogP contribution in [0.1, 0.15) is 6.92 Å². The Morgan fingerprint density at radius 3 is 2.00 bits per heavy atom. The molecule has 0 saturated carbocycles. The molecule has 0 atom stereocenters. The Kier molecular flexibility index (Phi) is 5.43. The molecule has 0 spiro atoms. The lowest BCUT2D eigenvalue weighted by atomic mass is 10.4. The maximum absolute atomic E-state index is 13.5. The van der Waals surface area contributed by atoms with Crippen molar-refractivity contribution < 1.29 is 9.30 Å². The summed E-state index contributed by atoms with van der Waals surface area (Å²) in [6.07, 6.45) is 4.16. The highest BCUT2D eigenvalue weighted by Gasteiger charge is 2.23. The van der Waals surface area contributed by atoms with Gasteiger partial charge in [0.1, 0.15) is 6.11 Å². The summed E-state index contributed by atoms with van der Waals surface area (Å²) < 4.78 is 18.4. The Labute approximate surface area is 125 Å². The molecule has 0 bridgehead atoms. The van der Waals surface area contributed by atoms with Crippen molar-refractivity contribution in [1.82, 2.24) is 0 Å². The van der Waals surface area contributed by atoms with Gasteiger partial charge in [0.05, 0.1) is 6.61 Å². The number of ether oxygens (including phenoxy) is 1. The lowest BCUT2D eigenvalue weighted by Gasteiger charge is -2.14. The first-order valence-electron chi connectivity index (χ1n) is 6.78. The van der Waals surface area contributed by atoms with Crippen LogP contribution in [0.4, 0.5) is 0 Å². The second kappa shape index (κ2) is 7.53. The van der Waals surface area contributed by atoms with E-state index < -0.39 is 7.14 Å². The smallest absolute Gasteiger partial charge is 0.164 e. The average molecular weight is 296 g/mol. The molecule has 0 aliphatic rings. The number of benzene rings is 2. The van der Waals surface area contributed by atoms with Gasteiger partial charge in [-0.1, -0.05) is 60.7 Å². The minimum Gasteiger partial charge on any atom is -0.447 e. The molecule has 21 heavy (non-hydrogen) atoms. The summed E-state index contributed by atoms with van der Waals surface area (Å²) in [5, 5.41) is 1.59. The van der Waals surface area contributed by atoms with Gasteiger partial charge in [0, 0.05) is 10.6 Å². The molecule has 0 aliphatic carbocycles. The van der Waals surface area contributed by atoms with Crippen LogP contribution in [0.2, 0.25) is 0 Å². The van der Waals surface area contributed by atoms with Crippen molar-refractivity contribution in [2.45, 2.75) is 6.92 Å². The summed E-state index contributed by atoms with van der Waals surface area (Å²) in [6, 6.07) is 18.9. The van der Waals surface area contributed by atoms with Gasteiger partial charge in [0.25, 0.3) is 0 Å². The van der Waals surface area contributed by atoms with E-state index in [1.54, 1.807) is 11.9 Å². The van der Waals surface area contributed by atoms with E-state index in [1.165, 1.54) is 0 Å². The fourth-order valence-corrected chi connectivity index (χ4v) is 4.07. The molecule has 0 radical (unpaired) electrons. The van der Waals surface area contributed by atoms with E-state index in [-0.39, 0.29) is 0 Å². The summed E-state index contributed by atoms with van der Waals surface area (Å²) in [7, 11) is -2.81. The van der Waals surface area contributed by atoms with Crippen molar-refractivity contribution in [2.75, 3.05) is 6.61 Å². The third kappa shape index (κ3) is 3.88. The van der Waals surface area contributed by atoms with E-state index in [0.717, 1.165) is 10.6 Å². The first-order valence-corrected chi connectivity index (χ1v) is 8.56. The Balaban J connectivity index is 2.42. The molecule has 2 aromatic carbocycles. The molecule has 2 nitrogen and oxygen atoms in total. The Morgan fingerprint density at radius 2 is 1.52 bits per heavy atom. The number of hydrogen-bond acceptors (Lipinski definition) is 2. The third-order valence-electron chi connectivity index (χ3n) is 2.92. The zero-order valence-electron chi connectivity index (χ0n) is 11.9. The molecule has 0 fully saturated rings. The van der Waals surface area contributed by atoms with Crippen LogP contribution < -0.4 is 10.6 Å². The first-order chi connectivity index (χ1) is 10.3. The van der Waals surface area contributed by atoms with Crippen molar-refractivity contribution >= 4 is 17.8 Å². The summed E-state index contributed by atoms with van der Waals surface area (Å²) >= 11 is 0. The predicted molar refractivity (Wildman–Crippen MR) is 88.3 cm³/mol. The van der Waals surface area contributed by atoms with Crippen LogP contribution in [0.15, 0.2) is 72.6 Å². The van der Waals surface area contributed by atoms with Gasteiger partial charge in [-0.05, 0) is 24.7 Å². The standard InChI is InChI=1S/C18H17O2P/c1-2-20-15-9-10-16-21(19,17-11-5-3-6-12-17)18-13-7-4-8-14-18/h3-8,10-14,16H,2H2,1H3/b16-10-. The van der Waals surface area contributed by atoms with Crippen molar-refractivity contribution in [3.8, 4) is 12.0 Å². The zero-order chi connectivity index (χ0) is 15.0. The minimum absolute atomic E-state index is 0.538. The molecule has 0 saturated heterocycles. The lowest BCUT2D eigenvalue weighted by molar-refractivity contribution is 0.299. The molecule has 0 aromatic heterocycles. The number of rotatable bonds is 4. The molecular weight excluding hydrogens is 279 g/mol. The fraction of sp³-hybridized carbons (Fsp3) is 0.111. The highest BCUT2D eigenvalue weighted by Crippen LogP contribution is 2.44. The Bertz CT molecular complexity index is 651. The average Bonchev–Trinajstić information content (AvgIpc) is 2.56. The summed E-state index contributed by atoms with van der Waals surface area (Å²) in [6.45, 7) is 2.41. The van der Waals surface area contributed by atoms with Gasteiger partial charge in [-0.15, -0.1) is 0 Å². The molecule has 0 heterocycles. The summed E-state index contributed by atoms with van der Waals surface area (Å²) in [4.78, 5) is 0. The summed E-state index contributed by atoms with van der Waals surface area (Å²) in [5.74, 6) is 4.44. The Hall–Kier alpha value is -2.23. The second-order valence-corrected chi connectivity index (χ2v) is 6.97. The molecule has 2 aromatic rings. The zero-order valence-corrected chi connectivity index (χ0v) is 12.8. The van der Waals surface area contributed by atoms with Crippen molar-refractivity contribution in [3.63, 3.8) is 0 Å². The van der Waals surface area contributed by atoms with Gasteiger partial charge < -0.3 is 9.30 Å². The first kappa shape index (κ1) is 15.2.